The van der Waals surface area contributed by atoms with Crippen molar-refractivity contribution >= 4 is 16.8 Å². The van der Waals surface area contributed by atoms with Crippen LogP contribution in [-0.4, -0.2) is 44.5 Å². The fourth-order valence-electron chi connectivity index (χ4n) is 3.11. The highest BCUT2D eigenvalue weighted by molar-refractivity contribution is 5.78. The summed E-state index contributed by atoms with van der Waals surface area (Å²) < 4.78 is 39.9. The molecular weight excluding hydrogens is 392 g/mol. The van der Waals surface area contributed by atoms with Gasteiger partial charge < -0.3 is 9.47 Å². The minimum absolute atomic E-state index is 0.109. The smallest absolute Gasteiger partial charge is 0.215 e. The van der Waals surface area contributed by atoms with Crippen molar-refractivity contribution in [2.75, 3.05) is 19.9 Å². The van der Waals surface area contributed by atoms with E-state index in [1.807, 2.05) is 0 Å². The van der Waals surface area contributed by atoms with Crippen LogP contribution in [0.15, 0.2) is 30.3 Å². The van der Waals surface area contributed by atoms with Gasteiger partial charge in [-0.15, -0.1) is 10.2 Å². The lowest BCUT2D eigenvalue weighted by Crippen LogP contribution is -2.04. The van der Waals surface area contributed by atoms with Crippen molar-refractivity contribution in [3.8, 4) is 23.0 Å². The lowest BCUT2D eigenvalue weighted by atomic mass is 10.2. The molecule has 1 aromatic carbocycles. The van der Waals surface area contributed by atoms with E-state index in [1.54, 1.807) is 35.6 Å². The summed E-state index contributed by atoms with van der Waals surface area (Å²) in [5.41, 5.74) is 2.16. The third-order valence-electron chi connectivity index (χ3n) is 4.59. The van der Waals surface area contributed by atoms with Crippen LogP contribution in [-0.2, 0) is 0 Å². The number of nitrogens with zero attached hydrogens (tertiary/aromatic N) is 5. The van der Waals surface area contributed by atoms with E-state index in [0.29, 0.717) is 40.7 Å². The van der Waals surface area contributed by atoms with Crippen molar-refractivity contribution < 1.29 is 18.3 Å². The van der Waals surface area contributed by atoms with E-state index in [-0.39, 0.29) is 18.1 Å². The quantitative estimate of drug-likeness (QED) is 0.401. The zero-order valence-electron chi connectivity index (χ0n) is 16.7. The van der Waals surface area contributed by atoms with Crippen LogP contribution in [0.3, 0.4) is 0 Å². The summed E-state index contributed by atoms with van der Waals surface area (Å²) in [4.78, 5) is 8.96. The lowest BCUT2D eigenvalue weighted by molar-refractivity contribution is 0.265. The van der Waals surface area contributed by atoms with Gasteiger partial charge in [0.1, 0.15) is 30.4 Å². The van der Waals surface area contributed by atoms with Gasteiger partial charge in [-0.1, -0.05) is 13.3 Å². The van der Waals surface area contributed by atoms with Crippen molar-refractivity contribution in [3.05, 3.63) is 41.8 Å². The number of benzene rings is 1. The Hall–Kier alpha value is -3.36. The summed E-state index contributed by atoms with van der Waals surface area (Å²) in [5, 5.41) is 8.38. The number of aryl methyl sites for hydroxylation is 1. The van der Waals surface area contributed by atoms with Crippen LogP contribution < -0.4 is 9.47 Å². The number of hydrogen-bond acceptors (Lipinski definition) is 6. The Morgan fingerprint density at radius 3 is 2.67 bits per heavy atom. The molecule has 0 spiro atoms. The molecule has 3 aromatic heterocycles. The summed E-state index contributed by atoms with van der Waals surface area (Å²) in [7, 11) is 0. The van der Waals surface area contributed by atoms with Gasteiger partial charge in [-0.3, -0.25) is 4.40 Å². The summed E-state index contributed by atoms with van der Waals surface area (Å²) in [6.45, 7) is 3.65. The molecule has 0 atom stereocenters. The van der Waals surface area contributed by atoms with Crippen LogP contribution >= 0.6 is 0 Å². The van der Waals surface area contributed by atoms with Crippen LogP contribution in [0.25, 0.3) is 28.2 Å². The molecule has 0 aliphatic carbocycles. The Morgan fingerprint density at radius 1 is 1.00 bits per heavy atom. The molecule has 30 heavy (non-hydrogen) atoms. The second-order valence-electron chi connectivity index (χ2n) is 6.75. The molecule has 4 aromatic rings. The molecule has 9 heteroatoms. The first-order chi connectivity index (χ1) is 14.6. The Balaban J connectivity index is 1.88. The van der Waals surface area contributed by atoms with Crippen LogP contribution in [0.5, 0.6) is 11.6 Å². The van der Waals surface area contributed by atoms with E-state index >= 15 is 0 Å². The molecule has 0 aliphatic heterocycles. The molecule has 0 N–H and O–H groups in total. The number of unbranched alkanes of at least 4 members (excludes halogenated alkanes) is 1. The second-order valence-corrected chi connectivity index (χ2v) is 6.75. The largest absolute Gasteiger partial charge is 0.494 e. The van der Waals surface area contributed by atoms with Gasteiger partial charge in [-0.25, -0.2) is 13.8 Å². The minimum Gasteiger partial charge on any atom is -0.494 e. The number of imidazole rings is 1. The molecule has 0 unspecified atom stereocenters. The predicted molar refractivity (Wildman–Crippen MR) is 108 cm³/mol. The van der Waals surface area contributed by atoms with Crippen molar-refractivity contribution in [1.29, 1.82) is 0 Å². The summed E-state index contributed by atoms with van der Waals surface area (Å²) in [6.07, 6.45) is 1.91. The molecule has 156 valence electrons. The topological polar surface area (TPSA) is 74.4 Å². The molecule has 0 amide bonds. The third kappa shape index (κ3) is 3.74. The fourth-order valence-corrected chi connectivity index (χ4v) is 3.11. The Kier molecular flexibility index (Phi) is 5.69. The standard InChI is InChI=1S/C21H21F2N5O2/c1-3-4-10-29-14-5-6-16(23)15(12-14)20-24-13(2)19-27-26-17-7-8-18(30-11-9-22)25-21(17)28(19)20/h5-8,12H,3-4,9-11H2,1-2H3. The van der Waals surface area contributed by atoms with Gasteiger partial charge in [-0.05, 0) is 37.6 Å². The molecule has 0 fully saturated rings. The molecule has 7 nitrogen and oxygen atoms in total. The molecule has 3 heterocycles. The van der Waals surface area contributed by atoms with Gasteiger partial charge in [0.2, 0.25) is 5.88 Å². The number of aromatic nitrogens is 5. The van der Waals surface area contributed by atoms with Gasteiger partial charge in [0.05, 0.1) is 17.9 Å². The molecule has 0 bridgehead atoms. The highest BCUT2D eigenvalue weighted by Crippen LogP contribution is 2.30. The second kappa shape index (κ2) is 8.56. The van der Waals surface area contributed by atoms with Crippen molar-refractivity contribution in [2.45, 2.75) is 26.7 Å². The maximum Gasteiger partial charge on any atom is 0.215 e. The number of alkyl halides is 1. The van der Waals surface area contributed by atoms with Gasteiger partial charge in [-0.2, -0.15) is 4.98 Å². The maximum absolute atomic E-state index is 14.8. The fraction of sp³-hybridized carbons (Fsp3) is 0.333. The Labute approximate surface area is 171 Å². The minimum atomic E-state index is -0.630. The molecule has 0 saturated carbocycles. The zero-order valence-corrected chi connectivity index (χ0v) is 16.7. The van der Waals surface area contributed by atoms with Gasteiger partial charge >= 0.3 is 0 Å². The van der Waals surface area contributed by atoms with E-state index in [1.165, 1.54) is 6.07 Å². The maximum atomic E-state index is 14.8. The lowest BCUT2D eigenvalue weighted by Gasteiger charge is -2.10. The van der Waals surface area contributed by atoms with Gasteiger partial charge in [0, 0.05) is 6.07 Å². The number of fused-ring (bicyclic) bond motifs is 3. The first-order valence-corrected chi connectivity index (χ1v) is 9.76. The number of ether oxygens (including phenoxy) is 2. The van der Waals surface area contributed by atoms with Crippen molar-refractivity contribution in [2.24, 2.45) is 0 Å². The molecular formula is C21H21F2N5O2. The van der Waals surface area contributed by atoms with E-state index in [0.717, 1.165) is 12.8 Å². The molecule has 0 aliphatic rings. The van der Waals surface area contributed by atoms with Crippen LogP contribution in [0.4, 0.5) is 8.78 Å². The Bertz CT molecular complexity index is 1200. The Morgan fingerprint density at radius 2 is 1.87 bits per heavy atom. The highest BCUT2D eigenvalue weighted by Gasteiger charge is 2.19. The average molecular weight is 413 g/mol. The van der Waals surface area contributed by atoms with Crippen LogP contribution in [0, 0.1) is 12.7 Å². The van der Waals surface area contributed by atoms with Crippen LogP contribution in [0.2, 0.25) is 0 Å². The average Bonchev–Trinajstić information content (AvgIpc) is 3.10. The SMILES string of the molecule is CCCCOc1ccc(F)c(-c2nc(C)c3nnc4ccc(OCCF)nc4n23)c1. The zero-order chi connectivity index (χ0) is 21.1. The molecule has 0 saturated heterocycles. The first kappa shape index (κ1) is 19.9. The van der Waals surface area contributed by atoms with Crippen molar-refractivity contribution in [3.63, 3.8) is 0 Å². The molecule has 0 radical (unpaired) electrons. The van der Waals surface area contributed by atoms with Gasteiger partial charge in [0.15, 0.2) is 17.1 Å². The number of halogens is 2. The highest BCUT2D eigenvalue weighted by atomic mass is 19.1. The van der Waals surface area contributed by atoms with E-state index < -0.39 is 12.5 Å². The van der Waals surface area contributed by atoms with Crippen LogP contribution in [0.1, 0.15) is 25.5 Å². The monoisotopic (exact) mass is 413 g/mol. The van der Waals surface area contributed by atoms with E-state index in [9.17, 15) is 8.78 Å². The number of hydrogen-bond donors (Lipinski definition) is 0. The number of rotatable bonds is 8. The van der Waals surface area contributed by atoms with E-state index in [4.69, 9.17) is 9.47 Å². The summed E-state index contributed by atoms with van der Waals surface area (Å²) in [6, 6.07) is 7.82. The first-order valence-electron chi connectivity index (χ1n) is 9.76. The summed E-state index contributed by atoms with van der Waals surface area (Å²) in [5.74, 6) is 0.680. The van der Waals surface area contributed by atoms with E-state index in [2.05, 4.69) is 27.1 Å². The molecule has 4 rings (SSSR count). The summed E-state index contributed by atoms with van der Waals surface area (Å²) >= 11 is 0. The number of pyridine rings is 1. The normalized spacial score (nSPS) is 11.3. The van der Waals surface area contributed by atoms with Crippen molar-refractivity contribution in [1.82, 2.24) is 24.6 Å². The van der Waals surface area contributed by atoms with Gasteiger partial charge in [0.25, 0.3) is 0 Å². The third-order valence-corrected chi connectivity index (χ3v) is 4.59. The predicted octanol–water partition coefficient (Wildman–Crippen LogP) is 4.31.